The molecule has 2 aliphatic rings. The first-order valence-electron chi connectivity index (χ1n) is 6.44. The van der Waals surface area contributed by atoms with Crippen molar-refractivity contribution >= 4 is 17.6 Å². The van der Waals surface area contributed by atoms with E-state index < -0.39 is 0 Å². The van der Waals surface area contributed by atoms with Gasteiger partial charge >= 0.3 is 5.97 Å². The number of hydrogen-bond acceptors (Lipinski definition) is 4. The Hall–Kier alpha value is -1.88. The number of aromatic nitrogens is 3. The van der Waals surface area contributed by atoms with Gasteiger partial charge in [0.1, 0.15) is 18.3 Å². The number of ether oxygens (including phenoxy) is 1. The molecule has 1 spiro atoms. The molecule has 1 saturated heterocycles. The minimum absolute atomic E-state index is 0.126. The molecule has 6 heteroatoms. The van der Waals surface area contributed by atoms with Crippen molar-refractivity contribution in [2.24, 2.45) is 0 Å². The molecule has 1 aliphatic heterocycles. The zero-order chi connectivity index (χ0) is 13.8. The summed E-state index contributed by atoms with van der Waals surface area (Å²) in [6, 6.07) is 7.74. The number of benzene rings is 1. The third-order valence-corrected chi connectivity index (χ3v) is 4.62. The standard InChI is InChI=1S/C14H12ClN3O2/c15-11-3-1-10(2-4-11)13(7-18-9-16-8-17-18)6-14(13)5-12(19)20-14/h1-4,8-9H,5-7H2. The van der Waals surface area contributed by atoms with Gasteiger partial charge in [0.25, 0.3) is 0 Å². The lowest BCUT2D eigenvalue weighted by Crippen LogP contribution is -2.43. The minimum atomic E-state index is -0.357. The Morgan fingerprint density at radius 2 is 2.10 bits per heavy atom. The second-order valence-electron chi connectivity index (χ2n) is 5.50. The molecule has 2 unspecified atom stereocenters. The summed E-state index contributed by atoms with van der Waals surface area (Å²) in [4.78, 5) is 15.2. The van der Waals surface area contributed by atoms with Crippen LogP contribution in [0.4, 0.5) is 0 Å². The molecule has 0 bridgehead atoms. The second-order valence-corrected chi connectivity index (χ2v) is 5.94. The zero-order valence-corrected chi connectivity index (χ0v) is 11.4. The van der Waals surface area contributed by atoms with E-state index in [0.717, 1.165) is 12.0 Å². The monoisotopic (exact) mass is 289 g/mol. The molecule has 20 heavy (non-hydrogen) atoms. The Labute approximate surface area is 120 Å². The number of nitrogens with zero attached hydrogens (tertiary/aromatic N) is 3. The van der Waals surface area contributed by atoms with Crippen LogP contribution in [0.3, 0.4) is 0 Å². The molecular formula is C14H12ClN3O2. The van der Waals surface area contributed by atoms with Crippen molar-refractivity contribution in [2.45, 2.75) is 30.4 Å². The van der Waals surface area contributed by atoms with E-state index in [4.69, 9.17) is 16.3 Å². The van der Waals surface area contributed by atoms with Crippen molar-refractivity contribution in [1.29, 1.82) is 0 Å². The molecule has 1 saturated carbocycles. The second kappa shape index (κ2) is 3.82. The first-order chi connectivity index (χ1) is 9.64. The van der Waals surface area contributed by atoms with Gasteiger partial charge in [-0.25, -0.2) is 4.98 Å². The van der Waals surface area contributed by atoms with Gasteiger partial charge in [0, 0.05) is 11.4 Å². The molecule has 0 N–H and O–H groups in total. The highest BCUT2D eigenvalue weighted by atomic mass is 35.5. The van der Waals surface area contributed by atoms with Crippen LogP contribution in [-0.4, -0.2) is 26.3 Å². The van der Waals surface area contributed by atoms with Crippen molar-refractivity contribution in [2.75, 3.05) is 0 Å². The molecule has 2 atom stereocenters. The summed E-state index contributed by atoms with van der Waals surface area (Å²) in [5.74, 6) is -0.126. The van der Waals surface area contributed by atoms with Gasteiger partial charge in [-0.05, 0) is 17.7 Å². The van der Waals surface area contributed by atoms with Crippen molar-refractivity contribution in [1.82, 2.24) is 14.8 Å². The number of carbonyl (C=O) groups excluding carboxylic acids is 1. The molecule has 0 amide bonds. The van der Waals surface area contributed by atoms with Gasteiger partial charge in [-0.2, -0.15) is 5.10 Å². The fraction of sp³-hybridized carbons (Fsp3) is 0.357. The van der Waals surface area contributed by atoms with Crippen molar-refractivity contribution in [3.63, 3.8) is 0 Å². The molecule has 1 aromatic carbocycles. The highest BCUT2D eigenvalue weighted by Gasteiger charge is 2.76. The largest absolute Gasteiger partial charge is 0.457 e. The molecule has 102 valence electrons. The smallest absolute Gasteiger partial charge is 0.310 e. The highest BCUT2D eigenvalue weighted by Crippen LogP contribution is 2.66. The van der Waals surface area contributed by atoms with Crippen molar-refractivity contribution < 1.29 is 9.53 Å². The Morgan fingerprint density at radius 1 is 1.35 bits per heavy atom. The van der Waals surface area contributed by atoms with Gasteiger partial charge in [0.2, 0.25) is 0 Å². The lowest BCUT2D eigenvalue weighted by molar-refractivity contribution is -0.177. The maximum atomic E-state index is 11.3. The minimum Gasteiger partial charge on any atom is -0.457 e. The van der Waals surface area contributed by atoms with Crippen LogP contribution in [0.1, 0.15) is 18.4 Å². The van der Waals surface area contributed by atoms with Gasteiger partial charge in [-0.15, -0.1) is 0 Å². The zero-order valence-electron chi connectivity index (χ0n) is 10.6. The quantitative estimate of drug-likeness (QED) is 0.811. The van der Waals surface area contributed by atoms with Crippen LogP contribution in [0, 0.1) is 0 Å². The van der Waals surface area contributed by atoms with E-state index in [1.165, 1.54) is 6.33 Å². The van der Waals surface area contributed by atoms with Gasteiger partial charge in [0.15, 0.2) is 0 Å². The third kappa shape index (κ3) is 1.53. The normalized spacial score (nSPS) is 30.9. The van der Waals surface area contributed by atoms with E-state index in [9.17, 15) is 4.79 Å². The van der Waals surface area contributed by atoms with Crippen LogP contribution in [0.15, 0.2) is 36.9 Å². The number of rotatable bonds is 3. The molecule has 5 nitrogen and oxygen atoms in total. The molecule has 4 rings (SSSR count). The maximum absolute atomic E-state index is 11.3. The van der Waals surface area contributed by atoms with Crippen LogP contribution < -0.4 is 0 Å². The lowest BCUT2D eigenvalue weighted by Gasteiger charge is -2.32. The molecule has 2 heterocycles. The third-order valence-electron chi connectivity index (χ3n) is 4.37. The van der Waals surface area contributed by atoms with Gasteiger partial charge in [-0.1, -0.05) is 23.7 Å². The van der Waals surface area contributed by atoms with Crippen LogP contribution in [0.25, 0.3) is 0 Å². The Balaban J connectivity index is 1.71. The summed E-state index contributed by atoms with van der Waals surface area (Å²) in [5, 5.41) is 4.87. The predicted octanol–water partition coefficient (Wildman–Crippen LogP) is 1.96. The maximum Gasteiger partial charge on any atom is 0.310 e. The summed E-state index contributed by atoms with van der Waals surface area (Å²) < 4.78 is 7.24. The van der Waals surface area contributed by atoms with E-state index in [1.807, 2.05) is 24.3 Å². The summed E-state index contributed by atoms with van der Waals surface area (Å²) in [7, 11) is 0. The van der Waals surface area contributed by atoms with Crippen LogP contribution in [0.2, 0.25) is 5.02 Å². The van der Waals surface area contributed by atoms with Crippen molar-refractivity contribution in [3.05, 3.63) is 47.5 Å². The van der Waals surface area contributed by atoms with E-state index in [1.54, 1.807) is 11.0 Å². The number of carbonyl (C=O) groups is 1. The first kappa shape index (κ1) is 11.9. The van der Waals surface area contributed by atoms with E-state index in [-0.39, 0.29) is 17.0 Å². The fourth-order valence-electron chi connectivity index (χ4n) is 3.27. The van der Waals surface area contributed by atoms with Crippen LogP contribution >= 0.6 is 11.6 Å². The Kier molecular flexibility index (Phi) is 2.27. The molecule has 0 radical (unpaired) electrons. The van der Waals surface area contributed by atoms with Crippen LogP contribution in [-0.2, 0) is 21.5 Å². The number of hydrogen-bond donors (Lipinski definition) is 0. The summed E-state index contributed by atoms with van der Waals surface area (Å²) in [6.07, 6.45) is 4.50. The Bertz CT molecular complexity index is 660. The summed E-state index contributed by atoms with van der Waals surface area (Å²) >= 11 is 5.95. The van der Waals surface area contributed by atoms with E-state index in [0.29, 0.717) is 18.0 Å². The van der Waals surface area contributed by atoms with Crippen molar-refractivity contribution in [3.8, 4) is 0 Å². The van der Waals surface area contributed by atoms with Gasteiger partial charge in [-0.3, -0.25) is 9.48 Å². The summed E-state index contributed by atoms with van der Waals surface area (Å²) in [6.45, 7) is 0.655. The number of esters is 1. The lowest BCUT2D eigenvalue weighted by atomic mass is 9.88. The van der Waals surface area contributed by atoms with Gasteiger partial charge < -0.3 is 4.74 Å². The molecular weight excluding hydrogens is 278 g/mol. The average molecular weight is 290 g/mol. The predicted molar refractivity (Wildman–Crippen MR) is 71.2 cm³/mol. The van der Waals surface area contributed by atoms with Gasteiger partial charge in [0.05, 0.1) is 18.4 Å². The molecule has 1 aromatic heterocycles. The SMILES string of the molecule is O=C1CC2(CC2(Cn2cncn2)c2ccc(Cl)cc2)O1. The number of halogens is 1. The first-order valence-corrected chi connectivity index (χ1v) is 6.82. The fourth-order valence-corrected chi connectivity index (χ4v) is 3.39. The molecule has 1 aliphatic carbocycles. The summed E-state index contributed by atoms with van der Waals surface area (Å²) in [5.41, 5.74) is 0.563. The van der Waals surface area contributed by atoms with E-state index >= 15 is 0 Å². The highest BCUT2D eigenvalue weighted by molar-refractivity contribution is 6.30. The average Bonchev–Trinajstić information content (AvgIpc) is 2.80. The van der Waals surface area contributed by atoms with Crippen LogP contribution in [0.5, 0.6) is 0 Å². The van der Waals surface area contributed by atoms with E-state index in [2.05, 4.69) is 10.1 Å². The molecule has 2 fully saturated rings. The molecule has 2 aromatic rings. The topological polar surface area (TPSA) is 57.0 Å². The Morgan fingerprint density at radius 3 is 2.70 bits per heavy atom.